The Labute approximate surface area is 121 Å². The van der Waals surface area contributed by atoms with Crippen molar-refractivity contribution in [2.45, 2.75) is 13.5 Å². The fraction of sp³-hybridized carbons (Fsp3) is 0.188. The van der Waals surface area contributed by atoms with Crippen LogP contribution in [0.2, 0.25) is 0 Å². The number of methoxy groups -OCH3 is 1. The minimum atomic E-state index is -0.302. The van der Waals surface area contributed by atoms with Crippen LogP contribution in [-0.4, -0.2) is 17.6 Å². The van der Waals surface area contributed by atoms with Crippen molar-refractivity contribution in [1.29, 1.82) is 0 Å². The first kappa shape index (κ1) is 13.3. The molecule has 1 aliphatic rings. The molecule has 0 unspecified atom stereocenters. The summed E-state index contributed by atoms with van der Waals surface area (Å²) in [6.45, 7) is 6.62. The normalized spacial score (nSPS) is 13.0. The molecule has 5 heteroatoms. The molecule has 21 heavy (non-hydrogen) atoms. The van der Waals surface area contributed by atoms with E-state index in [0.717, 1.165) is 27.6 Å². The van der Waals surface area contributed by atoms with Gasteiger partial charge in [-0.3, -0.25) is 4.79 Å². The Morgan fingerprint density at radius 3 is 2.62 bits per heavy atom. The van der Waals surface area contributed by atoms with Gasteiger partial charge in [-0.1, -0.05) is 18.7 Å². The SMILES string of the molecule is C=c1c2c(c(C)n1Cc1ccc(OC)cc1)C(=O)N=NC=2. The van der Waals surface area contributed by atoms with Gasteiger partial charge in [0.2, 0.25) is 0 Å². The van der Waals surface area contributed by atoms with E-state index in [1.807, 2.05) is 35.8 Å². The van der Waals surface area contributed by atoms with Gasteiger partial charge in [0.15, 0.2) is 0 Å². The molecule has 1 aliphatic heterocycles. The first-order chi connectivity index (χ1) is 10.1. The van der Waals surface area contributed by atoms with Crippen molar-refractivity contribution in [3.8, 4) is 5.75 Å². The predicted octanol–water partition coefficient (Wildman–Crippen LogP) is 1.61. The molecule has 0 spiro atoms. The van der Waals surface area contributed by atoms with Crippen LogP contribution in [0.3, 0.4) is 0 Å². The summed E-state index contributed by atoms with van der Waals surface area (Å²) in [5, 5.41) is 8.86. The quantitative estimate of drug-likeness (QED) is 0.858. The van der Waals surface area contributed by atoms with E-state index in [4.69, 9.17) is 4.74 Å². The van der Waals surface area contributed by atoms with E-state index in [9.17, 15) is 4.79 Å². The third-order valence-corrected chi connectivity index (χ3v) is 3.72. The van der Waals surface area contributed by atoms with Crippen molar-refractivity contribution in [2.75, 3.05) is 7.11 Å². The lowest BCUT2D eigenvalue weighted by Gasteiger charge is -2.08. The highest BCUT2D eigenvalue weighted by Gasteiger charge is 2.19. The van der Waals surface area contributed by atoms with Crippen LogP contribution in [0, 0.1) is 6.92 Å². The Hall–Kier alpha value is -2.69. The molecular formula is C16H15N3O2. The van der Waals surface area contributed by atoms with Gasteiger partial charge in [-0.15, -0.1) is 5.11 Å². The van der Waals surface area contributed by atoms with Crippen LogP contribution < -0.4 is 15.3 Å². The molecule has 0 fully saturated rings. The van der Waals surface area contributed by atoms with E-state index >= 15 is 0 Å². The summed E-state index contributed by atoms with van der Waals surface area (Å²) in [6, 6.07) is 7.82. The molecule has 1 aromatic heterocycles. The number of fused-ring (bicyclic) bond motifs is 1. The summed E-state index contributed by atoms with van der Waals surface area (Å²) in [6.07, 6.45) is 1.59. The van der Waals surface area contributed by atoms with Crippen molar-refractivity contribution >= 4 is 18.7 Å². The summed E-state index contributed by atoms with van der Waals surface area (Å²) in [7, 11) is 1.64. The first-order valence-corrected chi connectivity index (χ1v) is 6.58. The molecule has 5 nitrogen and oxygen atoms in total. The Morgan fingerprint density at radius 2 is 2.00 bits per heavy atom. The molecule has 2 aromatic rings. The molecular weight excluding hydrogens is 266 g/mol. The van der Waals surface area contributed by atoms with Gasteiger partial charge >= 0.3 is 0 Å². The van der Waals surface area contributed by atoms with Gasteiger partial charge in [-0.2, -0.15) is 5.11 Å². The first-order valence-electron chi connectivity index (χ1n) is 6.58. The molecule has 0 N–H and O–H groups in total. The second kappa shape index (κ2) is 5.01. The monoisotopic (exact) mass is 281 g/mol. The number of hydrogen-bond donors (Lipinski definition) is 0. The zero-order valence-electron chi connectivity index (χ0n) is 12.0. The minimum Gasteiger partial charge on any atom is -0.497 e. The summed E-state index contributed by atoms with van der Waals surface area (Å²) in [4.78, 5) is 11.9. The lowest BCUT2D eigenvalue weighted by molar-refractivity contribution is 0.0992. The van der Waals surface area contributed by atoms with E-state index in [-0.39, 0.29) is 5.91 Å². The summed E-state index contributed by atoms with van der Waals surface area (Å²) >= 11 is 0. The summed E-state index contributed by atoms with van der Waals surface area (Å²) in [5.41, 5.74) is 2.58. The van der Waals surface area contributed by atoms with Gasteiger partial charge in [-0.25, -0.2) is 0 Å². The number of ether oxygens (including phenoxy) is 1. The number of rotatable bonds is 3. The van der Waals surface area contributed by atoms with Crippen molar-refractivity contribution in [3.05, 3.63) is 51.7 Å². The molecule has 106 valence electrons. The standard InChI is InChI=1S/C16H15N3O2/c1-10-14-8-17-18-16(20)15(14)11(2)19(10)9-12-4-6-13(21-3)7-5-12/h4-8H,1,9H2,2-3H3. The molecule has 1 amide bonds. The Kier molecular flexibility index (Phi) is 3.17. The Balaban J connectivity index is 2.04. The van der Waals surface area contributed by atoms with Crippen LogP contribution in [0.4, 0.5) is 0 Å². The third-order valence-electron chi connectivity index (χ3n) is 3.72. The third kappa shape index (κ3) is 2.16. The van der Waals surface area contributed by atoms with Crippen LogP contribution in [0.15, 0.2) is 34.5 Å². The van der Waals surface area contributed by atoms with Gasteiger partial charge in [0, 0.05) is 22.8 Å². The number of benzene rings is 1. The predicted molar refractivity (Wildman–Crippen MR) is 79.7 cm³/mol. The highest BCUT2D eigenvalue weighted by Crippen LogP contribution is 2.14. The maximum atomic E-state index is 11.9. The van der Waals surface area contributed by atoms with E-state index in [0.29, 0.717) is 12.1 Å². The lowest BCUT2D eigenvalue weighted by atomic mass is 10.2. The number of aromatic nitrogens is 1. The second-order valence-electron chi connectivity index (χ2n) is 4.90. The zero-order chi connectivity index (χ0) is 15.0. The summed E-state index contributed by atoms with van der Waals surface area (Å²) in [5.74, 6) is 0.515. The maximum Gasteiger partial charge on any atom is 0.297 e. The smallest absolute Gasteiger partial charge is 0.297 e. The Morgan fingerprint density at radius 1 is 1.29 bits per heavy atom. The number of carbonyl (C=O) groups is 1. The fourth-order valence-corrected chi connectivity index (χ4v) is 2.55. The average Bonchev–Trinajstić information content (AvgIpc) is 2.74. The molecule has 0 radical (unpaired) electrons. The molecule has 0 atom stereocenters. The van der Waals surface area contributed by atoms with Crippen LogP contribution in [0.1, 0.15) is 21.6 Å². The van der Waals surface area contributed by atoms with Gasteiger partial charge < -0.3 is 9.30 Å². The molecule has 3 rings (SSSR count). The highest BCUT2D eigenvalue weighted by atomic mass is 16.5. The van der Waals surface area contributed by atoms with Gasteiger partial charge in [0.05, 0.1) is 18.9 Å². The van der Waals surface area contributed by atoms with Crippen LogP contribution in [0.25, 0.3) is 12.8 Å². The van der Waals surface area contributed by atoms with Gasteiger partial charge in [-0.05, 0) is 24.6 Å². The second-order valence-corrected chi connectivity index (χ2v) is 4.90. The minimum absolute atomic E-state index is 0.302. The molecule has 0 saturated carbocycles. The fourth-order valence-electron chi connectivity index (χ4n) is 2.55. The number of amides is 1. The largest absolute Gasteiger partial charge is 0.497 e. The molecule has 0 aliphatic carbocycles. The van der Waals surface area contributed by atoms with Crippen LogP contribution >= 0.6 is 0 Å². The van der Waals surface area contributed by atoms with E-state index in [2.05, 4.69) is 16.8 Å². The Bertz CT molecular complexity index is 845. The van der Waals surface area contributed by atoms with Crippen LogP contribution in [-0.2, 0) is 6.54 Å². The number of carbonyl (C=O) groups excluding carboxylic acids is 1. The van der Waals surface area contributed by atoms with Gasteiger partial charge in [0.25, 0.3) is 5.91 Å². The average molecular weight is 281 g/mol. The zero-order valence-corrected chi connectivity index (χ0v) is 12.0. The molecule has 0 saturated heterocycles. The van der Waals surface area contributed by atoms with Crippen molar-refractivity contribution in [1.82, 2.24) is 4.57 Å². The summed E-state index contributed by atoms with van der Waals surface area (Å²) < 4.78 is 7.16. The van der Waals surface area contributed by atoms with Crippen molar-refractivity contribution in [3.63, 3.8) is 0 Å². The lowest BCUT2D eigenvalue weighted by Crippen LogP contribution is -2.30. The van der Waals surface area contributed by atoms with E-state index in [1.165, 1.54) is 0 Å². The van der Waals surface area contributed by atoms with E-state index < -0.39 is 0 Å². The van der Waals surface area contributed by atoms with Crippen LogP contribution in [0.5, 0.6) is 5.75 Å². The number of nitrogens with zero attached hydrogens (tertiary/aromatic N) is 3. The highest BCUT2D eigenvalue weighted by molar-refractivity contribution is 5.97. The molecule has 2 heterocycles. The number of hydrogen-bond acceptors (Lipinski definition) is 3. The topological polar surface area (TPSA) is 56.0 Å². The maximum absolute atomic E-state index is 11.9. The number of azo groups is 1. The molecule has 1 aromatic carbocycles. The van der Waals surface area contributed by atoms with E-state index in [1.54, 1.807) is 13.3 Å². The van der Waals surface area contributed by atoms with Crippen molar-refractivity contribution in [2.24, 2.45) is 10.2 Å². The van der Waals surface area contributed by atoms with Crippen molar-refractivity contribution < 1.29 is 9.53 Å². The van der Waals surface area contributed by atoms with Gasteiger partial charge in [0.1, 0.15) is 5.75 Å². The molecule has 0 bridgehead atoms.